The van der Waals surface area contributed by atoms with Crippen LogP contribution in [0.15, 0.2) is 18.2 Å². The maximum Gasteiger partial charge on any atom is 0.234 e. The summed E-state index contributed by atoms with van der Waals surface area (Å²) in [6.45, 7) is 7.09. The molecule has 0 heterocycles. The second kappa shape index (κ2) is 7.87. The van der Waals surface area contributed by atoms with E-state index in [1.807, 2.05) is 26.0 Å². The van der Waals surface area contributed by atoms with Gasteiger partial charge in [-0.25, -0.2) is 0 Å². The van der Waals surface area contributed by atoms with Gasteiger partial charge in [0.1, 0.15) is 0 Å². The van der Waals surface area contributed by atoms with E-state index in [0.29, 0.717) is 23.1 Å². The molecule has 0 aliphatic carbocycles. The molecule has 1 amide bonds. The molecule has 5 heteroatoms. The molecule has 0 spiro atoms. The molecule has 0 aliphatic rings. The summed E-state index contributed by atoms with van der Waals surface area (Å²) in [7, 11) is 0. The van der Waals surface area contributed by atoms with Crippen LogP contribution in [0.3, 0.4) is 0 Å². The molecule has 0 fully saturated rings. The van der Waals surface area contributed by atoms with Gasteiger partial charge >= 0.3 is 0 Å². The van der Waals surface area contributed by atoms with Crippen molar-refractivity contribution in [2.75, 3.05) is 13.1 Å². The van der Waals surface area contributed by atoms with Crippen molar-refractivity contribution in [3.05, 3.63) is 33.8 Å². The van der Waals surface area contributed by atoms with Crippen LogP contribution in [0.5, 0.6) is 0 Å². The van der Waals surface area contributed by atoms with Crippen LogP contribution in [0.25, 0.3) is 0 Å². The number of nitrogens with one attached hydrogen (secondary N) is 2. The lowest BCUT2D eigenvalue weighted by atomic mass is 10.0. The second-order valence-corrected chi connectivity index (χ2v) is 6.29. The largest absolute Gasteiger partial charge is 0.350 e. The summed E-state index contributed by atoms with van der Waals surface area (Å²) < 4.78 is 0. The van der Waals surface area contributed by atoms with Crippen LogP contribution in [0, 0.1) is 0 Å². The van der Waals surface area contributed by atoms with Crippen molar-refractivity contribution < 1.29 is 4.79 Å². The average molecular weight is 317 g/mol. The van der Waals surface area contributed by atoms with Crippen molar-refractivity contribution in [2.24, 2.45) is 0 Å². The quantitative estimate of drug-likeness (QED) is 0.757. The Labute approximate surface area is 131 Å². The molecule has 1 rings (SSSR count). The zero-order chi connectivity index (χ0) is 15.2. The van der Waals surface area contributed by atoms with Gasteiger partial charge in [-0.1, -0.05) is 36.2 Å². The van der Waals surface area contributed by atoms with Crippen LogP contribution in [0.2, 0.25) is 10.0 Å². The third kappa shape index (κ3) is 6.12. The zero-order valence-electron chi connectivity index (χ0n) is 12.2. The average Bonchev–Trinajstić information content (AvgIpc) is 2.36. The predicted molar refractivity (Wildman–Crippen MR) is 85.5 cm³/mol. The standard InChI is InChI=1S/C15H22Cl2N2O/c1-4-15(2,3)19-14(20)10-18-8-7-11-5-6-12(16)9-13(11)17/h5-6,9,18H,4,7-8,10H2,1-3H3,(H,19,20). The van der Waals surface area contributed by atoms with Gasteiger partial charge < -0.3 is 10.6 Å². The molecule has 0 saturated carbocycles. The number of halogens is 2. The minimum atomic E-state index is -0.155. The summed E-state index contributed by atoms with van der Waals surface area (Å²) in [6, 6.07) is 5.46. The summed E-state index contributed by atoms with van der Waals surface area (Å²) in [5.41, 5.74) is 0.871. The number of rotatable bonds is 7. The van der Waals surface area contributed by atoms with E-state index in [9.17, 15) is 4.79 Å². The molecule has 0 atom stereocenters. The molecule has 1 aromatic rings. The Bertz CT molecular complexity index is 461. The third-order valence-corrected chi connectivity index (χ3v) is 3.82. The molecular weight excluding hydrogens is 295 g/mol. The van der Waals surface area contributed by atoms with Crippen molar-refractivity contribution in [1.82, 2.24) is 10.6 Å². The van der Waals surface area contributed by atoms with Crippen molar-refractivity contribution in [3.8, 4) is 0 Å². The van der Waals surface area contributed by atoms with Crippen LogP contribution >= 0.6 is 23.2 Å². The topological polar surface area (TPSA) is 41.1 Å². The first-order valence-corrected chi connectivity index (χ1v) is 7.55. The highest BCUT2D eigenvalue weighted by molar-refractivity contribution is 6.35. The van der Waals surface area contributed by atoms with Gasteiger partial charge in [0.2, 0.25) is 5.91 Å². The van der Waals surface area contributed by atoms with Gasteiger partial charge in [-0.05, 0) is 50.9 Å². The summed E-state index contributed by atoms with van der Waals surface area (Å²) in [6.07, 6.45) is 1.67. The number of hydrogen-bond acceptors (Lipinski definition) is 2. The predicted octanol–water partition coefficient (Wildman–Crippen LogP) is 3.43. The first kappa shape index (κ1) is 17.3. The maximum atomic E-state index is 11.7. The molecule has 112 valence electrons. The third-order valence-electron chi connectivity index (χ3n) is 3.23. The van der Waals surface area contributed by atoms with Crippen molar-refractivity contribution >= 4 is 29.1 Å². The Morgan fingerprint density at radius 1 is 1.30 bits per heavy atom. The first-order chi connectivity index (χ1) is 9.34. The van der Waals surface area contributed by atoms with E-state index < -0.39 is 0 Å². The van der Waals surface area contributed by atoms with E-state index in [1.54, 1.807) is 6.07 Å². The lowest BCUT2D eigenvalue weighted by Gasteiger charge is -2.24. The highest BCUT2D eigenvalue weighted by Gasteiger charge is 2.17. The lowest BCUT2D eigenvalue weighted by Crippen LogP contribution is -2.46. The number of carbonyl (C=O) groups is 1. The Morgan fingerprint density at radius 3 is 2.60 bits per heavy atom. The highest BCUT2D eigenvalue weighted by atomic mass is 35.5. The summed E-state index contributed by atoms with van der Waals surface area (Å²) in [5.74, 6) is 0.0130. The zero-order valence-corrected chi connectivity index (χ0v) is 13.7. The molecule has 0 aliphatic heterocycles. The normalized spacial score (nSPS) is 11.4. The molecule has 0 bridgehead atoms. The smallest absolute Gasteiger partial charge is 0.234 e. The van der Waals surface area contributed by atoms with Crippen LogP contribution in [-0.2, 0) is 11.2 Å². The number of benzene rings is 1. The van der Waals surface area contributed by atoms with Crippen molar-refractivity contribution in [1.29, 1.82) is 0 Å². The summed E-state index contributed by atoms with van der Waals surface area (Å²) in [5, 5.41) is 7.39. The fourth-order valence-electron chi connectivity index (χ4n) is 1.66. The SMILES string of the molecule is CCC(C)(C)NC(=O)CNCCc1ccc(Cl)cc1Cl. The molecule has 0 radical (unpaired) electrons. The van der Waals surface area contributed by atoms with Gasteiger partial charge in [0, 0.05) is 15.6 Å². The summed E-state index contributed by atoms with van der Waals surface area (Å²) in [4.78, 5) is 11.7. The maximum absolute atomic E-state index is 11.7. The van der Waals surface area contributed by atoms with E-state index in [4.69, 9.17) is 23.2 Å². The Morgan fingerprint density at radius 2 is 2.00 bits per heavy atom. The van der Waals surface area contributed by atoms with Gasteiger partial charge in [0.05, 0.1) is 6.54 Å². The van der Waals surface area contributed by atoms with Crippen molar-refractivity contribution in [3.63, 3.8) is 0 Å². The Hall–Kier alpha value is -0.770. The molecule has 0 unspecified atom stereocenters. The minimum Gasteiger partial charge on any atom is -0.350 e. The van der Waals surface area contributed by atoms with E-state index >= 15 is 0 Å². The fourth-order valence-corrected chi connectivity index (χ4v) is 2.16. The molecule has 20 heavy (non-hydrogen) atoms. The Balaban J connectivity index is 2.30. The minimum absolute atomic E-state index is 0.0130. The van der Waals surface area contributed by atoms with E-state index in [1.165, 1.54) is 0 Å². The second-order valence-electron chi connectivity index (χ2n) is 5.45. The molecule has 2 N–H and O–H groups in total. The lowest BCUT2D eigenvalue weighted by molar-refractivity contribution is -0.121. The summed E-state index contributed by atoms with van der Waals surface area (Å²) >= 11 is 11.9. The number of carbonyl (C=O) groups excluding carboxylic acids is 1. The number of amides is 1. The van der Waals surface area contributed by atoms with E-state index in [2.05, 4.69) is 17.6 Å². The molecule has 0 aromatic heterocycles. The molecular formula is C15H22Cl2N2O. The van der Waals surface area contributed by atoms with Gasteiger partial charge in [-0.3, -0.25) is 4.79 Å². The van der Waals surface area contributed by atoms with Gasteiger partial charge in [-0.2, -0.15) is 0 Å². The van der Waals surface area contributed by atoms with Crippen molar-refractivity contribution in [2.45, 2.75) is 39.2 Å². The van der Waals surface area contributed by atoms with Crippen LogP contribution < -0.4 is 10.6 Å². The van der Waals surface area contributed by atoms with Crippen LogP contribution in [-0.4, -0.2) is 24.5 Å². The van der Waals surface area contributed by atoms with E-state index in [0.717, 1.165) is 18.4 Å². The molecule has 0 saturated heterocycles. The van der Waals surface area contributed by atoms with Gasteiger partial charge in [-0.15, -0.1) is 0 Å². The monoisotopic (exact) mass is 316 g/mol. The van der Waals surface area contributed by atoms with Crippen LogP contribution in [0.4, 0.5) is 0 Å². The molecule has 1 aromatic carbocycles. The first-order valence-electron chi connectivity index (χ1n) is 6.79. The van der Waals surface area contributed by atoms with Gasteiger partial charge in [0.15, 0.2) is 0 Å². The van der Waals surface area contributed by atoms with Crippen LogP contribution in [0.1, 0.15) is 32.8 Å². The highest BCUT2D eigenvalue weighted by Crippen LogP contribution is 2.20. The Kier molecular flexibility index (Phi) is 6.80. The number of hydrogen-bond donors (Lipinski definition) is 2. The van der Waals surface area contributed by atoms with E-state index in [-0.39, 0.29) is 11.4 Å². The fraction of sp³-hybridized carbons (Fsp3) is 0.533. The molecule has 3 nitrogen and oxygen atoms in total. The van der Waals surface area contributed by atoms with Gasteiger partial charge in [0.25, 0.3) is 0 Å².